The van der Waals surface area contributed by atoms with Crippen molar-refractivity contribution in [2.75, 3.05) is 0 Å². The van der Waals surface area contributed by atoms with Gasteiger partial charge in [-0.15, -0.1) is 0 Å². The zero-order valence-electron chi connectivity index (χ0n) is 11.1. The fraction of sp³-hybridized carbons (Fsp3) is 0.333. The van der Waals surface area contributed by atoms with Gasteiger partial charge in [0.25, 0.3) is 0 Å². The lowest BCUT2D eigenvalue weighted by molar-refractivity contribution is -0.117. The largest absolute Gasteiger partial charge is 0.338 e. The summed E-state index contributed by atoms with van der Waals surface area (Å²) < 4.78 is 1.89. The molecular formula is C15H18N2O. The van der Waals surface area contributed by atoms with Crippen molar-refractivity contribution in [2.45, 2.75) is 26.7 Å². The molecule has 18 heavy (non-hydrogen) atoms. The Morgan fingerprint density at radius 2 is 1.83 bits per heavy atom. The molecule has 1 heterocycles. The molecule has 0 saturated carbocycles. The van der Waals surface area contributed by atoms with E-state index >= 15 is 0 Å². The van der Waals surface area contributed by atoms with Gasteiger partial charge in [-0.2, -0.15) is 0 Å². The van der Waals surface area contributed by atoms with Gasteiger partial charge >= 0.3 is 0 Å². The molecule has 0 aliphatic rings. The van der Waals surface area contributed by atoms with Crippen LogP contribution in [0.1, 0.15) is 22.5 Å². The lowest BCUT2D eigenvalue weighted by Crippen LogP contribution is -2.10. The Hall–Kier alpha value is -1.90. The maximum atomic E-state index is 12.0. The first-order chi connectivity index (χ1) is 8.54. The van der Waals surface area contributed by atoms with Crippen molar-refractivity contribution in [1.29, 1.82) is 0 Å². The number of rotatable bonds is 4. The van der Waals surface area contributed by atoms with Gasteiger partial charge in [-0.25, -0.2) is 4.98 Å². The van der Waals surface area contributed by atoms with Gasteiger partial charge in [0.05, 0.1) is 6.42 Å². The standard InChI is InChI=1S/C15H18N2O/c1-11-6-12(2)8-13(7-11)9-14(18)10-15-16-4-5-17(15)3/h4-8H,9-10H2,1-3H3. The molecule has 0 radical (unpaired) electrons. The lowest BCUT2D eigenvalue weighted by Gasteiger charge is -2.05. The number of ketones is 1. The number of Topliss-reactive ketones (excluding diaryl/α,β-unsaturated/α-hetero) is 1. The first kappa shape index (κ1) is 12.6. The van der Waals surface area contributed by atoms with Crippen LogP contribution >= 0.6 is 0 Å². The van der Waals surface area contributed by atoms with E-state index in [-0.39, 0.29) is 5.78 Å². The molecule has 3 nitrogen and oxygen atoms in total. The van der Waals surface area contributed by atoms with Gasteiger partial charge in [0.1, 0.15) is 11.6 Å². The lowest BCUT2D eigenvalue weighted by atomic mass is 10.0. The number of hydrogen-bond acceptors (Lipinski definition) is 2. The predicted molar refractivity (Wildman–Crippen MR) is 71.5 cm³/mol. The van der Waals surface area contributed by atoms with Gasteiger partial charge in [-0.1, -0.05) is 29.3 Å². The number of imidazole rings is 1. The molecule has 0 amide bonds. The summed E-state index contributed by atoms with van der Waals surface area (Å²) >= 11 is 0. The number of carbonyl (C=O) groups is 1. The molecule has 1 aromatic heterocycles. The SMILES string of the molecule is Cc1cc(C)cc(CC(=O)Cc2nccn2C)c1. The molecule has 0 N–H and O–H groups in total. The fourth-order valence-corrected chi connectivity index (χ4v) is 2.20. The predicted octanol–water partition coefficient (Wildman–Crippen LogP) is 2.39. The summed E-state index contributed by atoms with van der Waals surface area (Å²) in [6.45, 7) is 4.11. The van der Waals surface area contributed by atoms with E-state index in [9.17, 15) is 4.79 Å². The van der Waals surface area contributed by atoms with E-state index in [1.807, 2.05) is 17.8 Å². The summed E-state index contributed by atoms with van der Waals surface area (Å²) in [5.41, 5.74) is 3.50. The van der Waals surface area contributed by atoms with Crippen molar-refractivity contribution in [3.8, 4) is 0 Å². The summed E-state index contributed by atoms with van der Waals surface area (Å²) in [6, 6.07) is 6.26. The van der Waals surface area contributed by atoms with Gasteiger partial charge in [0, 0.05) is 25.9 Å². The van der Waals surface area contributed by atoms with Gasteiger partial charge in [-0.3, -0.25) is 4.79 Å². The van der Waals surface area contributed by atoms with Crippen molar-refractivity contribution in [3.63, 3.8) is 0 Å². The maximum Gasteiger partial charge on any atom is 0.144 e. The summed E-state index contributed by atoms with van der Waals surface area (Å²) in [7, 11) is 1.91. The van der Waals surface area contributed by atoms with Crippen molar-refractivity contribution >= 4 is 5.78 Å². The Morgan fingerprint density at radius 1 is 1.17 bits per heavy atom. The zero-order valence-corrected chi connectivity index (χ0v) is 11.1. The minimum atomic E-state index is 0.203. The number of nitrogens with zero attached hydrogens (tertiary/aromatic N) is 2. The minimum Gasteiger partial charge on any atom is -0.338 e. The van der Waals surface area contributed by atoms with Crippen LogP contribution in [-0.4, -0.2) is 15.3 Å². The molecule has 0 atom stereocenters. The van der Waals surface area contributed by atoms with Crippen molar-refractivity contribution in [1.82, 2.24) is 9.55 Å². The number of aromatic nitrogens is 2. The molecule has 0 fully saturated rings. The second-order valence-corrected chi connectivity index (χ2v) is 4.84. The molecule has 0 saturated heterocycles. The van der Waals surface area contributed by atoms with Crippen LogP contribution in [0, 0.1) is 13.8 Å². The average molecular weight is 242 g/mol. The van der Waals surface area contributed by atoms with Crippen LogP contribution in [0.25, 0.3) is 0 Å². The third-order valence-electron chi connectivity index (χ3n) is 2.96. The highest BCUT2D eigenvalue weighted by molar-refractivity contribution is 5.82. The highest BCUT2D eigenvalue weighted by Crippen LogP contribution is 2.10. The molecule has 0 unspecified atom stereocenters. The van der Waals surface area contributed by atoms with Crippen LogP contribution in [0.5, 0.6) is 0 Å². The summed E-state index contributed by atoms with van der Waals surface area (Å²) in [4.78, 5) is 16.2. The van der Waals surface area contributed by atoms with Crippen molar-refractivity contribution < 1.29 is 4.79 Å². The van der Waals surface area contributed by atoms with Crippen LogP contribution in [0.2, 0.25) is 0 Å². The fourth-order valence-electron chi connectivity index (χ4n) is 2.20. The molecule has 1 aromatic carbocycles. The Kier molecular flexibility index (Phi) is 3.60. The van der Waals surface area contributed by atoms with E-state index in [1.54, 1.807) is 6.20 Å². The molecule has 0 bridgehead atoms. The molecule has 3 heteroatoms. The van der Waals surface area contributed by atoms with Crippen molar-refractivity contribution in [3.05, 3.63) is 53.1 Å². The molecule has 0 aliphatic carbocycles. The third kappa shape index (κ3) is 3.06. The highest BCUT2D eigenvalue weighted by Gasteiger charge is 2.09. The Labute approximate surface area is 107 Å². The van der Waals surface area contributed by atoms with Crippen LogP contribution in [0.3, 0.4) is 0 Å². The van der Waals surface area contributed by atoms with E-state index in [0.717, 1.165) is 11.4 Å². The Balaban J connectivity index is 2.05. The molecule has 0 spiro atoms. The first-order valence-electron chi connectivity index (χ1n) is 6.09. The zero-order chi connectivity index (χ0) is 13.1. The summed E-state index contributed by atoms with van der Waals surface area (Å²) in [5, 5.41) is 0. The molecule has 2 aromatic rings. The second-order valence-electron chi connectivity index (χ2n) is 4.84. The second kappa shape index (κ2) is 5.17. The number of carbonyl (C=O) groups excluding carboxylic acids is 1. The summed E-state index contributed by atoms with van der Waals surface area (Å²) in [6.07, 6.45) is 4.46. The average Bonchev–Trinajstić information content (AvgIpc) is 2.62. The number of aryl methyl sites for hydroxylation is 3. The molecule has 0 aliphatic heterocycles. The minimum absolute atomic E-state index is 0.203. The highest BCUT2D eigenvalue weighted by atomic mass is 16.1. The van der Waals surface area contributed by atoms with Gasteiger partial charge in [0.2, 0.25) is 0 Å². The maximum absolute atomic E-state index is 12.0. The quantitative estimate of drug-likeness (QED) is 0.825. The van der Waals surface area contributed by atoms with Gasteiger partial charge in [0.15, 0.2) is 0 Å². The van der Waals surface area contributed by atoms with Crippen LogP contribution in [0.4, 0.5) is 0 Å². The van der Waals surface area contributed by atoms with Crippen LogP contribution in [-0.2, 0) is 24.7 Å². The number of benzene rings is 1. The number of hydrogen-bond donors (Lipinski definition) is 0. The van der Waals surface area contributed by atoms with E-state index in [2.05, 4.69) is 37.0 Å². The topological polar surface area (TPSA) is 34.9 Å². The third-order valence-corrected chi connectivity index (χ3v) is 2.96. The van der Waals surface area contributed by atoms with Crippen LogP contribution in [0.15, 0.2) is 30.6 Å². The van der Waals surface area contributed by atoms with E-state index in [0.29, 0.717) is 12.8 Å². The Morgan fingerprint density at radius 3 is 2.39 bits per heavy atom. The molecular weight excluding hydrogens is 224 g/mol. The molecule has 2 rings (SSSR count). The molecule has 94 valence electrons. The normalized spacial score (nSPS) is 10.6. The van der Waals surface area contributed by atoms with Crippen molar-refractivity contribution in [2.24, 2.45) is 7.05 Å². The van der Waals surface area contributed by atoms with E-state index < -0.39 is 0 Å². The smallest absolute Gasteiger partial charge is 0.144 e. The first-order valence-corrected chi connectivity index (χ1v) is 6.09. The van der Waals surface area contributed by atoms with Crippen LogP contribution < -0.4 is 0 Å². The van der Waals surface area contributed by atoms with Gasteiger partial charge in [-0.05, 0) is 19.4 Å². The Bertz CT molecular complexity index is 549. The van der Waals surface area contributed by atoms with E-state index in [1.165, 1.54) is 11.1 Å². The van der Waals surface area contributed by atoms with E-state index in [4.69, 9.17) is 0 Å². The summed E-state index contributed by atoms with van der Waals surface area (Å²) in [5.74, 6) is 1.03. The van der Waals surface area contributed by atoms with Gasteiger partial charge < -0.3 is 4.57 Å². The monoisotopic (exact) mass is 242 g/mol.